The number of aliphatic imine (C=N–C) groups is 1. The highest BCUT2D eigenvalue weighted by Gasteiger charge is 2.10. The second kappa shape index (κ2) is 9.86. The van der Waals surface area contributed by atoms with E-state index in [0.29, 0.717) is 35.3 Å². The topological polar surface area (TPSA) is 88.4 Å². The number of benzene rings is 1. The molecule has 3 rings (SSSR count). The van der Waals surface area contributed by atoms with Gasteiger partial charge in [0.2, 0.25) is 5.88 Å². The summed E-state index contributed by atoms with van der Waals surface area (Å²) in [5, 5.41) is 9.39. The Morgan fingerprint density at radius 3 is 2.78 bits per heavy atom. The van der Waals surface area contributed by atoms with Gasteiger partial charge in [-0.1, -0.05) is 6.07 Å². The minimum atomic E-state index is 0.378. The molecule has 0 unspecified atom stereocenters. The van der Waals surface area contributed by atoms with Crippen LogP contribution in [0, 0.1) is 0 Å². The van der Waals surface area contributed by atoms with Gasteiger partial charge in [0.1, 0.15) is 11.5 Å². The van der Waals surface area contributed by atoms with Crippen LogP contribution in [0.15, 0.2) is 47.6 Å². The molecule has 0 radical (unpaired) electrons. The smallest absolute Gasteiger partial charge is 0.219 e. The van der Waals surface area contributed by atoms with Crippen molar-refractivity contribution in [3.8, 4) is 17.4 Å². The summed E-state index contributed by atoms with van der Waals surface area (Å²) in [6.07, 6.45) is 1.60. The number of hydrogen-bond donors (Lipinski definition) is 2. The average Bonchev–Trinajstić information content (AvgIpc) is 2.73. The standard InChI is InChI=1S/C19H24N4O4/c1-25-16-3-2-4-17(13-16)27-18-6-5-15(14-21-18)19(22-24)20-7-8-23-9-11-26-12-10-23/h2-6,13-14,24H,7-12H2,1H3,(H,20,22). The average molecular weight is 372 g/mol. The van der Waals surface area contributed by atoms with E-state index in [0.717, 1.165) is 32.8 Å². The number of amidine groups is 1. The van der Waals surface area contributed by atoms with Gasteiger partial charge < -0.3 is 14.2 Å². The molecule has 1 aliphatic heterocycles. The molecule has 1 saturated heterocycles. The van der Waals surface area contributed by atoms with Gasteiger partial charge in [-0.25, -0.2) is 4.98 Å². The predicted molar refractivity (Wildman–Crippen MR) is 101 cm³/mol. The number of hydrogen-bond acceptors (Lipinski definition) is 7. The van der Waals surface area contributed by atoms with Gasteiger partial charge >= 0.3 is 0 Å². The number of ether oxygens (including phenoxy) is 3. The number of morpholine rings is 1. The first kappa shape index (κ1) is 19.1. The lowest BCUT2D eigenvalue weighted by atomic mass is 10.2. The minimum Gasteiger partial charge on any atom is -0.497 e. The SMILES string of the molecule is COc1cccc(Oc2ccc(C(=NCCN3CCOCC3)NO)cn2)c1. The van der Waals surface area contributed by atoms with Gasteiger partial charge in [0.25, 0.3) is 0 Å². The van der Waals surface area contributed by atoms with E-state index < -0.39 is 0 Å². The highest BCUT2D eigenvalue weighted by atomic mass is 16.5. The molecule has 8 nitrogen and oxygen atoms in total. The minimum absolute atomic E-state index is 0.378. The molecular formula is C19H24N4O4. The molecule has 0 saturated carbocycles. The Labute approximate surface area is 158 Å². The van der Waals surface area contributed by atoms with Gasteiger partial charge in [-0.05, 0) is 18.2 Å². The molecule has 0 spiro atoms. The van der Waals surface area contributed by atoms with Gasteiger partial charge in [0, 0.05) is 43.5 Å². The van der Waals surface area contributed by atoms with Gasteiger partial charge in [-0.2, -0.15) is 0 Å². The number of aromatic nitrogens is 1. The van der Waals surface area contributed by atoms with Crippen LogP contribution in [0.1, 0.15) is 5.56 Å². The fourth-order valence-electron chi connectivity index (χ4n) is 2.69. The Balaban J connectivity index is 1.59. The third-order valence-electron chi connectivity index (χ3n) is 4.17. The molecule has 1 aromatic heterocycles. The summed E-state index contributed by atoms with van der Waals surface area (Å²) in [5.74, 6) is 2.17. The molecule has 8 heteroatoms. The third kappa shape index (κ3) is 5.65. The maximum Gasteiger partial charge on any atom is 0.219 e. The quantitative estimate of drug-likeness (QED) is 0.436. The van der Waals surface area contributed by atoms with Crippen molar-refractivity contribution in [1.29, 1.82) is 0 Å². The summed E-state index contributed by atoms with van der Waals surface area (Å²) in [4.78, 5) is 11.0. The van der Waals surface area contributed by atoms with Gasteiger partial charge in [-0.15, -0.1) is 0 Å². The Morgan fingerprint density at radius 1 is 1.26 bits per heavy atom. The number of pyridine rings is 1. The van der Waals surface area contributed by atoms with Crippen molar-refractivity contribution in [3.05, 3.63) is 48.2 Å². The molecule has 0 atom stereocenters. The van der Waals surface area contributed by atoms with E-state index >= 15 is 0 Å². The van der Waals surface area contributed by atoms with Crippen LogP contribution in [0.3, 0.4) is 0 Å². The fraction of sp³-hybridized carbons (Fsp3) is 0.368. The van der Waals surface area contributed by atoms with Crippen LogP contribution in [-0.2, 0) is 4.74 Å². The molecule has 1 aliphatic rings. The maximum absolute atomic E-state index is 9.39. The first-order valence-electron chi connectivity index (χ1n) is 8.81. The number of hydroxylamine groups is 1. The van der Waals surface area contributed by atoms with Crippen molar-refractivity contribution in [2.75, 3.05) is 46.5 Å². The number of rotatable bonds is 7. The van der Waals surface area contributed by atoms with E-state index in [9.17, 15) is 5.21 Å². The van der Waals surface area contributed by atoms with Crippen molar-refractivity contribution < 1.29 is 19.4 Å². The van der Waals surface area contributed by atoms with E-state index in [-0.39, 0.29) is 0 Å². The largest absolute Gasteiger partial charge is 0.497 e. The van der Waals surface area contributed by atoms with Gasteiger partial charge in [0.05, 0.1) is 26.9 Å². The molecular weight excluding hydrogens is 348 g/mol. The van der Waals surface area contributed by atoms with Crippen LogP contribution in [0.25, 0.3) is 0 Å². The Hall–Kier alpha value is -2.68. The van der Waals surface area contributed by atoms with E-state index in [4.69, 9.17) is 14.2 Å². The molecule has 1 aromatic carbocycles. The molecule has 0 aliphatic carbocycles. The van der Waals surface area contributed by atoms with Crippen molar-refractivity contribution in [2.45, 2.75) is 0 Å². The second-order valence-corrected chi connectivity index (χ2v) is 5.96. The molecule has 2 aromatic rings. The van der Waals surface area contributed by atoms with Crippen LogP contribution >= 0.6 is 0 Å². The van der Waals surface area contributed by atoms with Crippen LogP contribution in [0.5, 0.6) is 17.4 Å². The molecule has 1 fully saturated rings. The van der Waals surface area contributed by atoms with E-state index in [1.54, 1.807) is 31.5 Å². The molecule has 0 amide bonds. The Morgan fingerprint density at radius 2 is 2.07 bits per heavy atom. The van der Waals surface area contributed by atoms with Crippen molar-refractivity contribution in [2.24, 2.45) is 4.99 Å². The van der Waals surface area contributed by atoms with Crippen LogP contribution in [0.2, 0.25) is 0 Å². The highest BCUT2D eigenvalue weighted by molar-refractivity contribution is 5.97. The highest BCUT2D eigenvalue weighted by Crippen LogP contribution is 2.23. The zero-order valence-corrected chi connectivity index (χ0v) is 15.3. The molecule has 0 bridgehead atoms. The molecule has 2 N–H and O–H groups in total. The van der Waals surface area contributed by atoms with E-state index in [1.165, 1.54) is 0 Å². The van der Waals surface area contributed by atoms with Crippen LogP contribution < -0.4 is 15.0 Å². The Bertz CT molecular complexity index is 746. The van der Waals surface area contributed by atoms with E-state index in [1.807, 2.05) is 18.2 Å². The number of nitrogens with one attached hydrogen (secondary N) is 1. The molecule has 144 valence electrons. The normalized spacial score (nSPS) is 15.4. The second-order valence-electron chi connectivity index (χ2n) is 5.96. The molecule has 2 heterocycles. The third-order valence-corrected chi connectivity index (χ3v) is 4.17. The van der Waals surface area contributed by atoms with Crippen LogP contribution in [-0.4, -0.2) is 67.4 Å². The first-order chi connectivity index (χ1) is 13.3. The van der Waals surface area contributed by atoms with Gasteiger partial charge in [-0.3, -0.25) is 20.6 Å². The fourth-order valence-corrected chi connectivity index (χ4v) is 2.69. The van der Waals surface area contributed by atoms with Crippen LogP contribution in [0.4, 0.5) is 0 Å². The van der Waals surface area contributed by atoms with Crippen molar-refractivity contribution in [3.63, 3.8) is 0 Å². The lowest BCUT2D eigenvalue weighted by Gasteiger charge is -2.25. The van der Waals surface area contributed by atoms with Gasteiger partial charge in [0.15, 0.2) is 5.84 Å². The zero-order valence-electron chi connectivity index (χ0n) is 15.3. The van der Waals surface area contributed by atoms with Crippen molar-refractivity contribution >= 4 is 5.84 Å². The number of nitrogens with zero attached hydrogens (tertiary/aromatic N) is 3. The summed E-state index contributed by atoms with van der Waals surface area (Å²) in [5.41, 5.74) is 2.83. The van der Waals surface area contributed by atoms with Crippen molar-refractivity contribution in [1.82, 2.24) is 15.4 Å². The summed E-state index contributed by atoms with van der Waals surface area (Å²) in [7, 11) is 1.61. The first-order valence-corrected chi connectivity index (χ1v) is 8.81. The lowest BCUT2D eigenvalue weighted by Crippen LogP contribution is -2.38. The lowest BCUT2D eigenvalue weighted by molar-refractivity contribution is 0.0394. The predicted octanol–water partition coefficient (Wildman–Crippen LogP) is 1.94. The van der Waals surface area contributed by atoms with E-state index in [2.05, 4.69) is 20.4 Å². The maximum atomic E-state index is 9.39. The summed E-state index contributed by atoms with van der Waals surface area (Å²) in [6, 6.07) is 10.8. The summed E-state index contributed by atoms with van der Waals surface area (Å²) >= 11 is 0. The molecule has 27 heavy (non-hydrogen) atoms. The zero-order chi connectivity index (χ0) is 18.9. The summed E-state index contributed by atoms with van der Waals surface area (Å²) in [6.45, 7) is 4.73. The number of methoxy groups -OCH3 is 1. The Kier molecular flexibility index (Phi) is 6.97. The summed E-state index contributed by atoms with van der Waals surface area (Å²) < 4.78 is 16.2. The monoisotopic (exact) mass is 372 g/mol.